The third kappa shape index (κ3) is 3.02. The van der Waals surface area contributed by atoms with E-state index >= 15 is 0 Å². The van der Waals surface area contributed by atoms with Crippen molar-refractivity contribution in [1.82, 2.24) is 45.5 Å². The molecule has 1 saturated heterocycles. The minimum atomic E-state index is 0.187. The fourth-order valence-electron chi connectivity index (χ4n) is 3.76. The Bertz CT molecular complexity index is 1130. The molecular formula is C18H17N11O. The number of aromatic nitrogens is 9. The summed E-state index contributed by atoms with van der Waals surface area (Å²) in [6.45, 7) is 1.53. The van der Waals surface area contributed by atoms with Crippen molar-refractivity contribution in [3.63, 3.8) is 0 Å². The summed E-state index contributed by atoms with van der Waals surface area (Å²) in [6, 6.07) is 0.669. The van der Waals surface area contributed by atoms with Gasteiger partial charge in [0.1, 0.15) is 0 Å². The van der Waals surface area contributed by atoms with Crippen LogP contribution < -0.4 is 10.2 Å². The first-order valence-electron chi connectivity index (χ1n) is 9.63. The second kappa shape index (κ2) is 6.83. The topological polar surface area (TPSA) is 147 Å². The molecule has 12 nitrogen and oxygen atoms in total. The molecule has 0 saturated carbocycles. The lowest BCUT2D eigenvalue weighted by molar-refractivity contribution is 0.449. The van der Waals surface area contributed by atoms with E-state index in [1.165, 1.54) is 0 Å². The van der Waals surface area contributed by atoms with Gasteiger partial charge in [-0.05, 0) is 0 Å². The van der Waals surface area contributed by atoms with Crippen LogP contribution in [-0.2, 0) is 12.8 Å². The molecule has 30 heavy (non-hydrogen) atoms. The molecular weight excluding hydrogens is 386 g/mol. The highest BCUT2D eigenvalue weighted by atomic mass is 16.4. The second-order valence-corrected chi connectivity index (χ2v) is 7.38. The molecule has 150 valence electrons. The summed E-state index contributed by atoms with van der Waals surface area (Å²) in [5.74, 6) is 1.26. The number of hydrogen-bond donors (Lipinski definition) is 2. The third-order valence-corrected chi connectivity index (χ3v) is 5.39. The number of aromatic amines is 1. The Hall–Kier alpha value is -3.96. The van der Waals surface area contributed by atoms with Crippen LogP contribution in [0.2, 0.25) is 0 Å². The van der Waals surface area contributed by atoms with E-state index in [0.29, 0.717) is 29.3 Å². The summed E-state index contributed by atoms with van der Waals surface area (Å²) in [4.78, 5) is 19.5. The highest BCUT2D eigenvalue weighted by Gasteiger charge is 2.33. The smallest absolute Gasteiger partial charge is 0.318 e. The Balaban J connectivity index is 1.09. The number of nitrogens with one attached hydrogen (secondary N) is 2. The lowest BCUT2D eigenvalue weighted by Crippen LogP contribution is -2.45. The predicted molar refractivity (Wildman–Crippen MR) is 104 cm³/mol. The first kappa shape index (κ1) is 16.9. The van der Waals surface area contributed by atoms with Gasteiger partial charge in [-0.15, -0.1) is 5.10 Å². The average molecular weight is 403 g/mol. The summed E-state index contributed by atoms with van der Waals surface area (Å²) >= 11 is 0. The molecule has 0 radical (unpaired) electrons. The summed E-state index contributed by atoms with van der Waals surface area (Å²) in [5.41, 5.74) is 3.67. The van der Waals surface area contributed by atoms with Gasteiger partial charge in [-0.3, -0.25) is 9.97 Å². The Labute approximate surface area is 170 Å². The first-order valence-corrected chi connectivity index (χ1v) is 9.63. The fraction of sp³-hybridized carbons (Fsp3) is 0.333. The zero-order chi connectivity index (χ0) is 19.9. The molecule has 1 aliphatic carbocycles. The van der Waals surface area contributed by atoms with Crippen molar-refractivity contribution >= 4 is 12.0 Å². The maximum absolute atomic E-state index is 5.80. The van der Waals surface area contributed by atoms with Crippen LogP contribution in [0.25, 0.3) is 11.5 Å². The second-order valence-electron chi connectivity index (χ2n) is 7.38. The Morgan fingerprint density at radius 3 is 2.43 bits per heavy atom. The molecule has 1 fully saturated rings. The standard InChI is InChI=1S/C18H17N11O/c1-2-20-14-4-12(3-13(14)19-1)24-17-21-5-10(6-22-17)16-26-27-18(30-16)29-8-11(9-29)15-7-23-28-25-15/h1-2,5-7,11-12H,3-4,8-9H2,(H,21,22,24)(H,23,25,28). The van der Waals surface area contributed by atoms with E-state index < -0.39 is 0 Å². The monoisotopic (exact) mass is 403 g/mol. The quantitative estimate of drug-likeness (QED) is 0.483. The Morgan fingerprint density at radius 1 is 0.967 bits per heavy atom. The molecule has 0 unspecified atom stereocenters. The SMILES string of the molecule is c1cnc2c(n1)CC(Nc1ncc(-c3nnc(N4CC(c5cn[nH]n5)C4)o3)cn1)C2. The minimum Gasteiger partial charge on any atom is -0.403 e. The molecule has 0 spiro atoms. The zero-order valence-electron chi connectivity index (χ0n) is 15.8. The van der Waals surface area contributed by atoms with Gasteiger partial charge in [0.25, 0.3) is 5.89 Å². The van der Waals surface area contributed by atoms with Gasteiger partial charge in [0.05, 0.1) is 28.8 Å². The summed E-state index contributed by atoms with van der Waals surface area (Å²) in [7, 11) is 0. The molecule has 0 amide bonds. The maximum Gasteiger partial charge on any atom is 0.318 e. The summed E-state index contributed by atoms with van der Waals surface area (Å²) in [6.07, 6.45) is 10.2. The highest BCUT2D eigenvalue weighted by molar-refractivity contribution is 5.52. The van der Waals surface area contributed by atoms with Gasteiger partial charge >= 0.3 is 6.01 Å². The van der Waals surface area contributed by atoms with Crippen molar-refractivity contribution in [2.75, 3.05) is 23.3 Å². The normalized spacial score (nSPS) is 16.5. The van der Waals surface area contributed by atoms with Gasteiger partial charge in [0, 0.05) is 62.7 Å². The van der Waals surface area contributed by atoms with Gasteiger partial charge in [0.2, 0.25) is 5.95 Å². The minimum absolute atomic E-state index is 0.187. The molecule has 0 aromatic carbocycles. The van der Waals surface area contributed by atoms with Crippen molar-refractivity contribution in [1.29, 1.82) is 0 Å². The molecule has 4 aromatic heterocycles. The molecule has 2 N–H and O–H groups in total. The third-order valence-electron chi connectivity index (χ3n) is 5.39. The van der Waals surface area contributed by atoms with Crippen LogP contribution >= 0.6 is 0 Å². The Kier molecular flexibility index (Phi) is 3.86. The molecule has 12 heteroatoms. The highest BCUT2D eigenvalue weighted by Crippen LogP contribution is 2.31. The van der Waals surface area contributed by atoms with Crippen LogP contribution in [-0.4, -0.2) is 64.7 Å². The van der Waals surface area contributed by atoms with E-state index in [1.807, 2.05) is 4.90 Å². The zero-order valence-corrected chi connectivity index (χ0v) is 15.8. The van der Waals surface area contributed by atoms with Gasteiger partial charge < -0.3 is 14.6 Å². The van der Waals surface area contributed by atoms with E-state index in [2.05, 4.69) is 50.9 Å². The Morgan fingerprint density at radius 2 is 1.73 bits per heavy atom. The molecule has 6 rings (SSSR count). The number of anilines is 2. The molecule has 1 aliphatic heterocycles. The lowest BCUT2D eigenvalue weighted by atomic mass is 9.98. The van der Waals surface area contributed by atoms with E-state index in [4.69, 9.17) is 4.42 Å². The van der Waals surface area contributed by atoms with Gasteiger partial charge in [-0.1, -0.05) is 5.10 Å². The van der Waals surface area contributed by atoms with Crippen molar-refractivity contribution in [2.45, 2.75) is 24.8 Å². The van der Waals surface area contributed by atoms with Gasteiger partial charge in [-0.25, -0.2) is 9.97 Å². The van der Waals surface area contributed by atoms with E-state index in [0.717, 1.165) is 43.0 Å². The van der Waals surface area contributed by atoms with Gasteiger partial charge in [-0.2, -0.15) is 15.4 Å². The fourth-order valence-corrected chi connectivity index (χ4v) is 3.76. The van der Waals surface area contributed by atoms with Crippen LogP contribution in [0.5, 0.6) is 0 Å². The molecule has 5 heterocycles. The largest absolute Gasteiger partial charge is 0.403 e. The van der Waals surface area contributed by atoms with E-state index in [1.54, 1.807) is 31.0 Å². The van der Waals surface area contributed by atoms with Crippen LogP contribution in [0, 0.1) is 0 Å². The lowest BCUT2D eigenvalue weighted by Gasteiger charge is -2.36. The van der Waals surface area contributed by atoms with Crippen LogP contribution in [0.15, 0.2) is 35.4 Å². The molecule has 2 aliphatic rings. The van der Waals surface area contributed by atoms with E-state index in [9.17, 15) is 0 Å². The molecule has 0 atom stereocenters. The summed E-state index contributed by atoms with van der Waals surface area (Å²) < 4.78 is 5.80. The number of H-pyrrole nitrogens is 1. The first-order chi connectivity index (χ1) is 14.8. The summed E-state index contributed by atoms with van der Waals surface area (Å²) in [5, 5.41) is 22.2. The molecule has 0 bridgehead atoms. The maximum atomic E-state index is 5.80. The average Bonchev–Trinajstić information content (AvgIpc) is 3.48. The van der Waals surface area contributed by atoms with Gasteiger partial charge in [0.15, 0.2) is 0 Å². The predicted octanol–water partition coefficient (Wildman–Crippen LogP) is 0.618. The number of nitrogens with zero attached hydrogens (tertiary/aromatic N) is 9. The van der Waals surface area contributed by atoms with Crippen molar-refractivity contribution in [3.05, 3.63) is 48.1 Å². The van der Waals surface area contributed by atoms with Crippen LogP contribution in [0.3, 0.4) is 0 Å². The van der Waals surface area contributed by atoms with Crippen LogP contribution in [0.1, 0.15) is 23.0 Å². The number of hydrogen-bond acceptors (Lipinski definition) is 11. The van der Waals surface area contributed by atoms with Crippen molar-refractivity contribution < 1.29 is 4.42 Å². The van der Waals surface area contributed by atoms with E-state index in [-0.39, 0.29) is 6.04 Å². The van der Waals surface area contributed by atoms with Crippen molar-refractivity contribution in [3.8, 4) is 11.5 Å². The number of fused-ring (bicyclic) bond motifs is 1. The number of rotatable bonds is 5. The van der Waals surface area contributed by atoms with Crippen LogP contribution in [0.4, 0.5) is 12.0 Å². The van der Waals surface area contributed by atoms with Crippen molar-refractivity contribution in [2.24, 2.45) is 0 Å². The molecule has 4 aromatic rings.